The third-order valence-corrected chi connectivity index (χ3v) is 3.42. The summed E-state index contributed by atoms with van der Waals surface area (Å²) in [7, 11) is 1.80. The van der Waals surface area contributed by atoms with E-state index in [1.54, 1.807) is 25.2 Å². The molecule has 23 heavy (non-hydrogen) atoms. The first-order valence-corrected chi connectivity index (χ1v) is 7.76. The smallest absolute Gasteiger partial charge is 0.252 e. The van der Waals surface area contributed by atoms with E-state index in [-0.39, 0.29) is 30.1 Å². The fourth-order valence-electron chi connectivity index (χ4n) is 1.83. The van der Waals surface area contributed by atoms with Crippen molar-refractivity contribution in [1.29, 1.82) is 0 Å². The fourth-order valence-corrected chi connectivity index (χ4v) is 2.10. The molecule has 0 fully saturated rings. The van der Waals surface area contributed by atoms with Crippen LogP contribution in [-0.4, -0.2) is 32.0 Å². The van der Waals surface area contributed by atoms with Crippen LogP contribution < -0.4 is 16.0 Å². The van der Waals surface area contributed by atoms with Crippen molar-refractivity contribution in [2.75, 3.05) is 25.5 Å². The Hall–Kier alpha value is -1.30. The van der Waals surface area contributed by atoms with E-state index in [0.29, 0.717) is 35.3 Å². The predicted octanol–water partition coefficient (Wildman–Crippen LogP) is 2.94. The molecule has 0 aliphatic rings. The molecule has 0 aliphatic heterocycles. The minimum atomic E-state index is -0.208. The van der Waals surface area contributed by atoms with Crippen molar-refractivity contribution in [3.05, 3.63) is 28.8 Å². The van der Waals surface area contributed by atoms with Gasteiger partial charge in [-0.1, -0.05) is 32.4 Å². The second-order valence-electron chi connectivity index (χ2n) is 5.75. The molecule has 0 aliphatic carbocycles. The number of amides is 2. The molecule has 2 amide bonds. The summed E-state index contributed by atoms with van der Waals surface area (Å²) in [5.41, 5.74) is 0.988. The van der Waals surface area contributed by atoms with Gasteiger partial charge in [0.15, 0.2) is 0 Å². The van der Waals surface area contributed by atoms with Crippen molar-refractivity contribution in [2.45, 2.75) is 20.8 Å². The van der Waals surface area contributed by atoms with Crippen molar-refractivity contribution in [3.8, 4) is 0 Å². The lowest BCUT2D eigenvalue weighted by Crippen LogP contribution is -2.29. The molecule has 1 unspecified atom stereocenters. The molecule has 5 nitrogen and oxygen atoms in total. The normalized spacial score (nSPS) is 11.6. The number of nitrogens with one attached hydrogen (secondary N) is 3. The first-order valence-electron chi connectivity index (χ1n) is 7.38. The Labute approximate surface area is 149 Å². The third-order valence-electron chi connectivity index (χ3n) is 3.11. The van der Waals surface area contributed by atoms with Gasteiger partial charge in [0, 0.05) is 24.7 Å². The second kappa shape index (κ2) is 10.5. The largest absolute Gasteiger partial charge is 0.352 e. The second-order valence-corrected chi connectivity index (χ2v) is 6.15. The highest BCUT2D eigenvalue weighted by Gasteiger charge is 2.14. The van der Waals surface area contributed by atoms with Crippen molar-refractivity contribution in [2.24, 2.45) is 11.8 Å². The fraction of sp³-hybridized carbons (Fsp3) is 0.500. The number of rotatable bonds is 7. The van der Waals surface area contributed by atoms with E-state index in [1.165, 1.54) is 0 Å². The van der Waals surface area contributed by atoms with E-state index in [1.807, 2.05) is 20.8 Å². The zero-order valence-electron chi connectivity index (χ0n) is 13.9. The van der Waals surface area contributed by atoms with E-state index in [2.05, 4.69) is 16.0 Å². The molecular weight excluding hydrogens is 337 g/mol. The summed E-state index contributed by atoms with van der Waals surface area (Å²) in [4.78, 5) is 23.9. The van der Waals surface area contributed by atoms with Crippen molar-refractivity contribution in [1.82, 2.24) is 10.6 Å². The number of benzene rings is 1. The predicted molar refractivity (Wildman–Crippen MR) is 97.6 cm³/mol. The van der Waals surface area contributed by atoms with Gasteiger partial charge in [-0.25, -0.2) is 0 Å². The van der Waals surface area contributed by atoms with Gasteiger partial charge in [-0.3, -0.25) is 9.59 Å². The zero-order valence-corrected chi connectivity index (χ0v) is 15.5. The monoisotopic (exact) mass is 361 g/mol. The molecule has 130 valence electrons. The molecule has 1 aromatic carbocycles. The number of carbonyl (C=O) groups is 2. The maximum atomic E-state index is 12.0. The van der Waals surface area contributed by atoms with Crippen molar-refractivity contribution in [3.63, 3.8) is 0 Å². The Morgan fingerprint density at radius 2 is 1.83 bits per heavy atom. The van der Waals surface area contributed by atoms with E-state index < -0.39 is 0 Å². The summed E-state index contributed by atoms with van der Waals surface area (Å²) in [6.07, 6.45) is 0. The summed E-state index contributed by atoms with van der Waals surface area (Å²) >= 11 is 6.14. The number of carbonyl (C=O) groups excluding carboxylic acids is 2. The van der Waals surface area contributed by atoms with Crippen LogP contribution in [0.3, 0.4) is 0 Å². The van der Waals surface area contributed by atoms with Crippen LogP contribution in [0.15, 0.2) is 18.2 Å². The molecule has 1 atom stereocenters. The van der Waals surface area contributed by atoms with Crippen LogP contribution in [0.1, 0.15) is 31.1 Å². The molecule has 1 aromatic rings. The molecule has 0 aromatic heterocycles. The third kappa shape index (κ3) is 7.20. The van der Waals surface area contributed by atoms with Gasteiger partial charge in [0.05, 0.1) is 10.6 Å². The molecule has 0 saturated carbocycles. The Balaban J connectivity index is 0.00000484. The van der Waals surface area contributed by atoms with Gasteiger partial charge in [0.1, 0.15) is 0 Å². The molecule has 7 heteroatoms. The van der Waals surface area contributed by atoms with Crippen LogP contribution in [0.2, 0.25) is 5.02 Å². The van der Waals surface area contributed by atoms with Crippen LogP contribution in [0, 0.1) is 11.8 Å². The summed E-state index contributed by atoms with van der Waals surface area (Å²) in [5, 5.41) is 8.88. The maximum absolute atomic E-state index is 12.0. The lowest BCUT2D eigenvalue weighted by Gasteiger charge is -2.13. The number of hydrogen-bond acceptors (Lipinski definition) is 3. The SMILES string of the molecule is CNCC(C)C(=O)Nc1ccc(C(=O)NCC(C)C)c(Cl)c1.Cl. The molecule has 3 N–H and O–H groups in total. The Kier molecular flexibility index (Phi) is 9.88. The van der Waals surface area contributed by atoms with Crippen LogP contribution in [-0.2, 0) is 4.79 Å². The zero-order chi connectivity index (χ0) is 16.7. The highest BCUT2D eigenvalue weighted by atomic mass is 35.5. The highest BCUT2D eigenvalue weighted by Crippen LogP contribution is 2.21. The van der Waals surface area contributed by atoms with Crippen molar-refractivity contribution >= 4 is 41.5 Å². The average Bonchev–Trinajstić information content (AvgIpc) is 2.45. The average molecular weight is 362 g/mol. The van der Waals surface area contributed by atoms with Gasteiger partial charge in [-0.05, 0) is 31.2 Å². The van der Waals surface area contributed by atoms with Gasteiger partial charge in [-0.2, -0.15) is 0 Å². The molecular formula is C16H25Cl2N3O2. The highest BCUT2D eigenvalue weighted by molar-refractivity contribution is 6.34. The first kappa shape index (κ1) is 21.7. The molecule has 0 bridgehead atoms. The Morgan fingerprint density at radius 3 is 2.35 bits per heavy atom. The first-order chi connectivity index (χ1) is 10.3. The van der Waals surface area contributed by atoms with E-state index >= 15 is 0 Å². The molecule has 0 spiro atoms. The van der Waals surface area contributed by atoms with E-state index in [4.69, 9.17) is 11.6 Å². The van der Waals surface area contributed by atoms with Crippen LogP contribution >= 0.6 is 24.0 Å². The minimum absolute atomic E-state index is 0. The summed E-state index contributed by atoms with van der Waals surface area (Å²) in [6.45, 7) is 7.06. The lowest BCUT2D eigenvalue weighted by molar-refractivity contribution is -0.119. The van der Waals surface area contributed by atoms with Crippen LogP contribution in [0.5, 0.6) is 0 Å². The molecule has 0 radical (unpaired) electrons. The molecule has 0 saturated heterocycles. The number of anilines is 1. The summed E-state index contributed by atoms with van der Waals surface area (Å²) in [6, 6.07) is 4.90. The maximum Gasteiger partial charge on any atom is 0.252 e. The Morgan fingerprint density at radius 1 is 1.17 bits per heavy atom. The van der Waals surface area contributed by atoms with Gasteiger partial charge in [-0.15, -0.1) is 12.4 Å². The van der Waals surface area contributed by atoms with Gasteiger partial charge in [0.2, 0.25) is 5.91 Å². The van der Waals surface area contributed by atoms with Gasteiger partial charge in [0.25, 0.3) is 5.91 Å². The molecule has 0 heterocycles. The standard InChI is InChI=1S/C16H24ClN3O2.ClH/c1-10(2)8-19-16(22)13-6-5-12(7-14(13)17)20-15(21)11(3)9-18-4;/h5-7,10-11,18H,8-9H2,1-4H3,(H,19,22)(H,20,21);1H. The van der Waals surface area contributed by atoms with Crippen molar-refractivity contribution < 1.29 is 9.59 Å². The quantitative estimate of drug-likeness (QED) is 0.699. The van der Waals surface area contributed by atoms with Gasteiger partial charge >= 0.3 is 0 Å². The van der Waals surface area contributed by atoms with Gasteiger partial charge < -0.3 is 16.0 Å². The van der Waals surface area contributed by atoms with Crippen LogP contribution in [0.25, 0.3) is 0 Å². The topological polar surface area (TPSA) is 70.2 Å². The van der Waals surface area contributed by atoms with E-state index in [0.717, 1.165) is 0 Å². The van der Waals surface area contributed by atoms with Crippen LogP contribution in [0.4, 0.5) is 5.69 Å². The number of halogens is 2. The summed E-state index contributed by atoms with van der Waals surface area (Å²) in [5.74, 6) is -0.0877. The van der Waals surface area contributed by atoms with E-state index in [9.17, 15) is 9.59 Å². The number of hydrogen-bond donors (Lipinski definition) is 3. The molecule has 1 rings (SSSR count). The summed E-state index contributed by atoms with van der Waals surface area (Å²) < 4.78 is 0. The lowest BCUT2D eigenvalue weighted by atomic mass is 10.1. The minimum Gasteiger partial charge on any atom is -0.352 e. The Bertz CT molecular complexity index is 536.